The molecule has 2 aromatic carbocycles. The molecular formula is C22H26N4O3. The van der Waals surface area contributed by atoms with Crippen LogP contribution < -0.4 is 19.5 Å². The summed E-state index contributed by atoms with van der Waals surface area (Å²) in [5.74, 6) is 2.60. The summed E-state index contributed by atoms with van der Waals surface area (Å²) in [6.07, 6.45) is 3.40. The van der Waals surface area contributed by atoms with Crippen molar-refractivity contribution in [2.24, 2.45) is 0 Å². The number of nitrogens with one attached hydrogen (secondary N) is 1. The van der Waals surface area contributed by atoms with Crippen LogP contribution in [0.25, 0.3) is 0 Å². The van der Waals surface area contributed by atoms with Gasteiger partial charge in [-0.2, -0.15) is 10.1 Å². The van der Waals surface area contributed by atoms with Gasteiger partial charge in [-0.15, -0.1) is 0 Å². The van der Waals surface area contributed by atoms with E-state index in [-0.39, 0.29) is 12.1 Å². The fourth-order valence-corrected chi connectivity index (χ4v) is 3.97. The van der Waals surface area contributed by atoms with Crippen molar-refractivity contribution in [1.29, 1.82) is 0 Å². The summed E-state index contributed by atoms with van der Waals surface area (Å²) in [5, 5.41) is 7.97. The van der Waals surface area contributed by atoms with Gasteiger partial charge in [0.25, 0.3) is 0 Å². The minimum Gasteiger partial charge on any atom is -0.493 e. The van der Waals surface area contributed by atoms with E-state index in [4.69, 9.17) is 14.2 Å². The number of aryl methyl sites for hydroxylation is 1. The second-order valence-corrected chi connectivity index (χ2v) is 7.00. The van der Waals surface area contributed by atoms with Crippen LogP contribution in [0.2, 0.25) is 0 Å². The van der Waals surface area contributed by atoms with Gasteiger partial charge in [0.2, 0.25) is 11.7 Å². The van der Waals surface area contributed by atoms with Gasteiger partial charge >= 0.3 is 0 Å². The van der Waals surface area contributed by atoms with E-state index >= 15 is 0 Å². The predicted molar refractivity (Wildman–Crippen MR) is 111 cm³/mol. The minimum atomic E-state index is -0.0562. The van der Waals surface area contributed by atoms with Crippen LogP contribution in [0.15, 0.2) is 42.7 Å². The molecular weight excluding hydrogens is 368 g/mol. The number of methoxy groups -OCH3 is 3. The van der Waals surface area contributed by atoms with Gasteiger partial charge in [0.15, 0.2) is 11.5 Å². The molecule has 0 fully saturated rings. The average molecular weight is 394 g/mol. The molecule has 2 atom stereocenters. The number of fused-ring (bicyclic) bond motifs is 1. The molecule has 3 aromatic rings. The van der Waals surface area contributed by atoms with Crippen LogP contribution in [-0.4, -0.2) is 36.1 Å². The van der Waals surface area contributed by atoms with Crippen LogP contribution in [0.1, 0.15) is 42.1 Å². The lowest BCUT2D eigenvalue weighted by molar-refractivity contribution is 0.315. The molecule has 29 heavy (non-hydrogen) atoms. The highest BCUT2D eigenvalue weighted by atomic mass is 16.5. The van der Waals surface area contributed by atoms with Gasteiger partial charge in [-0.25, -0.2) is 4.68 Å². The Morgan fingerprint density at radius 2 is 1.76 bits per heavy atom. The lowest BCUT2D eigenvalue weighted by Crippen LogP contribution is -2.28. The molecule has 1 aliphatic heterocycles. The van der Waals surface area contributed by atoms with Crippen molar-refractivity contribution >= 4 is 5.95 Å². The quantitative estimate of drug-likeness (QED) is 0.681. The largest absolute Gasteiger partial charge is 0.493 e. The lowest BCUT2D eigenvalue weighted by atomic mass is 9.92. The van der Waals surface area contributed by atoms with Crippen LogP contribution in [-0.2, 0) is 6.42 Å². The van der Waals surface area contributed by atoms with E-state index in [2.05, 4.69) is 46.6 Å². The van der Waals surface area contributed by atoms with Crippen LogP contribution in [0.4, 0.5) is 5.95 Å². The molecule has 0 amide bonds. The van der Waals surface area contributed by atoms with Gasteiger partial charge in [-0.05, 0) is 36.1 Å². The van der Waals surface area contributed by atoms with Gasteiger partial charge in [0.05, 0.1) is 33.4 Å². The Morgan fingerprint density at radius 3 is 2.41 bits per heavy atom. The molecule has 0 radical (unpaired) electrons. The van der Waals surface area contributed by atoms with Gasteiger partial charge in [0, 0.05) is 5.56 Å². The van der Waals surface area contributed by atoms with E-state index in [1.54, 1.807) is 27.7 Å². The second-order valence-electron chi connectivity index (χ2n) is 7.00. The average Bonchev–Trinajstić information content (AvgIpc) is 3.26. The smallest absolute Gasteiger partial charge is 0.222 e. The Kier molecular flexibility index (Phi) is 5.29. The molecule has 2 unspecified atom stereocenters. The lowest BCUT2D eigenvalue weighted by Gasteiger charge is -2.32. The van der Waals surface area contributed by atoms with Crippen molar-refractivity contribution in [2.45, 2.75) is 31.8 Å². The number of anilines is 1. The first-order valence-electron chi connectivity index (χ1n) is 9.73. The monoisotopic (exact) mass is 394 g/mol. The maximum absolute atomic E-state index is 5.74. The zero-order chi connectivity index (χ0) is 20.4. The highest BCUT2D eigenvalue weighted by molar-refractivity contribution is 5.57. The molecule has 1 N–H and O–H groups in total. The topological polar surface area (TPSA) is 70.4 Å². The molecule has 152 valence electrons. The zero-order valence-corrected chi connectivity index (χ0v) is 17.2. The molecule has 0 spiro atoms. The summed E-state index contributed by atoms with van der Waals surface area (Å²) in [7, 11) is 4.88. The Morgan fingerprint density at radius 1 is 1.00 bits per heavy atom. The number of aromatic nitrogens is 3. The number of rotatable bonds is 6. The summed E-state index contributed by atoms with van der Waals surface area (Å²) < 4.78 is 18.7. The maximum atomic E-state index is 5.74. The molecule has 7 heteroatoms. The van der Waals surface area contributed by atoms with Crippen molar-refractivity contribution < 1.29 is 14.2 Å². The highest BCUT2D eigenvalue weighted by Crippen LogP contribution is 2.46. The van der Waals surface area contributed by atoms with Crippen molar-refractivity contribution in [3.8, 4) is 17.2 Å². The molecule has 0 saturated carbocycles. The Balaban J connectivity index is 1.77. The first-order valence-corrected chi connectivity index (χ1v) is 9.73. The standard InChI is InChI=1S/C22H26N4O3/c1-5-14-6-8-15(9-7-14)17-12-18(26-22(25-17)23-13-24-26)16-10-11-19(27-2)21(29-4)20(16)28-3/h6-11,13,17-18H,5,12H2,1-4H3,(H,23,24,25). The number of hydrogen-bond acceptors (Lipinski definition) is 6. The van der Waals surface area contributed by atoms with Crippen molar-refractivity contribution in [1.82, 2.24) is 14.8 Å². The maximum Gasteiger partial charge on any atom is 0.222 e. The molecule has 2 heterocycles. The molecule has 0 bridgehead atoms. The van der Waals surface area contributed by atoms with E-state index in [9.17, 15) is 0 Å². The van der Waals surface area contributed by atoms with Crippen LogP contribution in [0, 0.1) is 0 Å². The summed E-state index contributed by atoms with van der Waals surface area (Å²) in [6.45, 7) is 2.16. The Hall–Kier alpha value is -3.22. The van der Waals surface area contributed by atoms with E-state index < -0.39 is 0 Å². The molecule has 7 nitrogen and oxygen atoms in total. The second kappa shape index (κ2) is 8.03. The van der Waals surface area contributed by atoms with Crippen LogP contribution in [0.5, 0.6) is 17.2 Å². The Labute approximate surface area is 170 Å². The third kappa shape index (κ3) is 3.37. The van der Waals surface area contributed by atoms with E-state index in [1.165, 1.54) is 11.1 Å². The van der Waals surface area contributed by atoms with Crippen LogP contribution in [0.3, 0.4) is 0 Å². The molecule has 0 aliphatic carbocycles. The normalized spacial score (nSPS) is 17.9. The molecule has 1 aromatic heterocycles. The molecule has 4 rings (SSSR count). The van der Waals surface area contributed by atoms with E-state index in [0.29, 0.717) is 17.2 Å². The zero-order valence-electron chi connectivity index (χ0n) is 17.2. The van der Waals surface area contributed by atoms with E-state index in [0.717, 1.165) is 24.4 Å². The molecule has 0 saturated heterocycles. The third-order valence-corrected chi connectivity index (χ3v) is 5.51. The van der Waals surface area contributed by atoms with Crippen molar-refractivity contribution in [2.75, 3.05) is 26.6 Å². The highest BCUT2D eigenvalue weighted by Gasteiger charge is 2.33. The third-order valence-electron chi connectivity index (χ3n) is 5.51. The number of benzene rings is 2. The fraction of sp³-hybridized carbons (Fsp3) is 0.364. The summed E-state index contributed by atoms with van der Waals surface area (Å²) >= 11 is 0. The predicted octanol–water partition coefficient (Wildman–Crippen LogP) is 4.01. The summed E-state index contributed by atoms with van der Waals surface area (Å²) in [5.41, 5.74) is 3.53. The first-order chi connectivity index (χ1) is 14.2. The van der Waals surface area contributed by atoms with Gasteiger partial charge in [-0.1, -0.05) is 31.2 Å². The van der Waals surface area contributed by atoms with Gasteiger partial charge in [0.1, 0.15) is 6.33 Å². The summed E-state index contributed by atoms with van der Waals surface area (Å²) in [6, 6.07) is 12.7. The van der Waals surface area contributed by atoms with Gasteiger partial charge < -0.3 is 19.5 Å². The minimum absolute atomic E-state index is 0.0562. The van der Waals surface area contributed by atoms with Gasteiger partial charge in [-0.3, -0.25) is 0 Å². The Bertz CT molecular complexity index is 984. The number of nitrogens with zero attached hydrogens (tertiary/aromatic N) is 3. The van der Waals surface area contributed by atoms with Crippen LogP contribution >= 0.6 is 0 Å². The van der Waals surface area contributed by atoms with E-state index in [1.807, 2.05) is 16.8 Å². The molecule has 1 aliphatic rings. The van der Waals surface area contributed by atoms with Crippen molar-refractivity contribution in [3.63, 3.8) is 0 Å². The number of hydrogen-bond donors (Lipinski definition) is 1. The summed E-state index contributed by atoms with van der Waals surface area (Å²) in [4.78, 5) is 4.42. The fourth-order valence-electron chi connectivity index (χ4n) is 3.97. The van der Waals surface area contributed by atoms with Crippen molar-refractivity contribution in [3.05, 3.63) is 59.4 Å². The number of ether oxygens (including phenoxy) is 3. The first kappa shape index (κ1) is 19.1. The SMILES string of the molecule is CCc1ccc(C2CC(c3ccc(OC)c(OC)c3OC)n3ncnc3N2)cc1.